The van der Waals surface area contributed by atoms with Crippen LogP contribution in [-0.4, -0.2) is 29.6 Å². The predicted molar refractivity (Wildman–Crippen MR) is 75.5 cm³/mol. The lowest BCUT2D eigenvalue weighted by molar-refractivity contribution is -0.142. The maximum atomic E-state index is 13.3. The molecule has 0 fully saturated rings. The zero-order valence-electron chi connectivity index (χ0n) is 12.1. The Morgan fingerprint density at radius 2 is 2.00 bits per heavy atom. The number of amides is 1. The van der Waals surface area contributed by atoms with Gasteiger partial charge in [0.15, 0.2) is 11.6 Å². The van der Waals surface area contributed by atoms with E-state index >= 15 is 0 Å². The summed E-state index contributed by atoms with van der Waals surface area (Å²) in [5.41, 5.74) is 0. The smallest absolute Gasteiger partial charge is 0.308 e. The highest BCUT2D eigenvalue weighted by molar-refractivity contribution is 5.77. The lowest BCUT2D eigenvalue weighted by Crippen LogP contribution is -2.40. The Balaban J connectivity index is 2.25. The van der Waals surface area contributed by atoms with Gasteiger partial charge in [-0.25, -0.2) is 4.39 Å². The van der Waals surface area contributed by atoms with Gasteiger partial charge in [-0.15, -0.1) is 0 Å². The number of halogens is 1. The van der Waals surface area contributed by atoms with Crippen LogP contribution in [0.4, 0.5) is 4.39 Å². The number of carboxylic acids is 1. The Kier molecular flexibility index (Phi) is 6.65. The molecule has 0 heterocycles. The van der Waals surface area contributed by atoms with E-state index in [2.05, 4.69) is 5.32 Å². The first-order valence-electron chi connectivity index (χ1n) is 6.81. The Morgan fingerprint density at radius 3 is 2.62 bits per heavy atom. The van der Waals surface area contributed by atoms with Crippen LogP contribution < -0.4 is 10.1 Å². The minimum Gasteiger partial charge on any atom is -0.491 e. The molecule has 0 bridgehead atoms. The van der Waals surface area contributed by atoms with Crippen molar-refractivity contribution in [2.24, 2.45) is 5.92 Å². The van der Waals surface area contributed by atoms with Gasteiger partial charge in [0.05, 0.1) is 12.5 Å². The molecule has 0 spiro atoms. The van der Waals surface area contributed by atoms with Gasteiger partial charge < -0.3 is 15.2 Å². The van der Waals surface area contributed by atoms with Gasteiger partial charge in [0.25, 0.3) is 0 Å². The summed E-state index contributed by atoms with van der Waals surface area (Å²) in [7, 11) is 0. The molecule has 1 aromatic rings. The first-order chi connectivity index (χ1) is 9.91. The lowest BCUT2D eigenvalue weighted by Gasteiger charge is -2.17. The third-order valence-electron chi connectivity index (χ3n) is 3.17. The second-order valence-electron chi connectivity index (χ2n) is 4.87. The zero-order chi connectivity index (χ0) is 15.8. The van der Waals surface area contributed by atoms with Crippen LogP contribution >= 0.6 is 0 Å². The molecule has 5 nitrogen and oxygen atoms in total. The highest BCUT2D eigenvalue weighted by atomic mass is 19.1. The molecule has 0 saturated heterocycles. The number of nitrogens with one attached hydrogen (secondary N) is 1. The quantitative estimate of drug-likeness (QED) is 0.721. The van der Waals surface area contributed by atoms with Crippen LogP contribution in [0.3, 0.4) is 0 Å². The summed E-state index contributed by atoms with van der Waals surface area (Å²) >= 11 is 0. The van der Waals surface area contributed by atoms with Crippen LogP contribution in [0.2, 0.25) is 0 Å². The molecule has 21 heavy (non-hydrogen) atoms. The Hall–Kier alpha value is -2.11. The summed E-state index contributed by atoms with van der Waals surface area (Å²) in [4.78, 5) is 22.4. The van der Waals surface area contributed by atoms with Gasteiger partial charge >= 0.3 is 5.97 Å². The third kappa shape index (κ3) is 5.81. The van der Waals surface area contributed by atoms with Crippen LogP contribution in [-0.2, 0) is 9.59 Å². The lowest BCUT2D eigenvalue weighted by atomic mass is 10.0. The van der Waals surface area contributed by atoms with Gasteiger partial charge in [0.1, 0.15) is 0 Å². The maximum Gasteiger partial charge on any atom is 0.308 e. The molecule has 2 N–H and O–H groups in total. The van der Waals surface area contributed by atoms with Gasteiger partial charge in [-0.1, -0.05) is 12.1 Å². The summed E-state index contributed by atoms with van der Waals surface area (Å²) in [6.07, 6.45) is 0.624. The van der Waals surface area contributed by atoms with Crippen molar-refractivity contribution >= 4 is 11.9 Å². The number of ether oxygens (including phenoxy) is 1. The molecule has 2 unspecified atom stereocenters. The van der Waals surface area contributed by atoms with Crippen molar-refractivity contribution in [3.05, 3.63) is 30.1 Å². The minimum atomic E-state index is -0.953. The SMILES string of the molecule is CC(NC(=O)CCCOc1ccccc1F)C(C)C(=O)O. The molecule has 0 aliphatic carbocycles. The van der Waals surface area contributed by atoms with Crippen LogP contribution in [0, 0.1) is 11.7 Å². The number of hydrogen-bond donors (Lipinski definition) is 2. The Bertz CT molecular complexity index is 492. The van der Waals surface area contributed by atoms with E-state index < -0.39 is 23.7 Å². The van der Waals surface area contributed by atoms with E-state index in [4.69, 9.17) is 9.84 Å². The van der Waals surface area contributed by atoms with E-state index in [0.717, 1.165) is 0 Å². The number of benzene rings is 1. The van der Waals surface area contributed by atoms with E-state index in [1.807, 2.05) is 0 Å². The first kappa shape index (κ1) is 16.9. The fourth-order valence-corrected chi connectivity index (χ4v) is 1.64. The number of aliphatic carboxylic acids is 1. The number of hydrogen-bond acceptors (Lipinski definition) is 3. The van der Waals surface area contributed by atoms with Crippen LogP contribution in [0.1, 0.15) is 26.7 Å². The predicted octanol–water partition coefficient (Wildman–Crippen LogP) is 2.21. The van der Waals surface area contributed by atoms with Crippen molar-refractivity contribution < 1.29 is 23.8 Å². The third-order valence-corrected chi connectivity index (χ3v) is 3.17. The second-order valence-corrected chi connectivity index (χ2v) is 4.87. The van der Waals surface area contributed by atoms with Gasteiger partial charge in [0.2, 0.25) is 5.91 Å². The van der Waals surface area contributed by atoms with E-state index in [1.165, 1.54) is 19.1 Å². The summed E-state index contributed by atoms with van der Waals surface area (Å²) in [5.74, 6) is -2.13. The normalized spacial score (nSPS) is 13.3. The van der Waals surface area contributed by atoms with Crippen LogP contribution in [0.5, 0.6) is 5.75 Å². The molecule has 0 aliphatic heterocycles. The maximum absolute atomic E-state index is 13.3. The van der Waals surface area contributed by atoms with Gasteiger partial charge in [0, 0.05) is 12.5 Å². The van der Waals surface area contributed by atoms with E-state index in [-0.39, 0.29) is 24.7 Å². The molecule has 0 aliphatic rings. The van der Waals surface area contributed by atoms with Crippen LogP contribution in [0.15, 0.2) is 24.3 Å². The molecule has 6 heteroatoms. The highest BCUT2D eigenvalue weighted by Crippen LogP contribution is 2.15. The molecule has 0 saturated carbocycles. The average molecular weight is 297 g/mol. The Labute approximate surface area is 123 Å². The number of carbonyl (C=O) groups excluding carboxylic acids is 1. The first-order valence-corrected chi connectivity index (χ1v) is 6.81. The van der Waals surface area contributed by atoms with Crippen molar-refractivity contribution in [3.8, 4) is 5.75 Å². The van der Waals surface area contributed by atoms with E-state index in [9.17, 15) is 14.0 Å². The summed E-state index contributed by atoms with van der Waals surface area (Å²) in [6, 6.07) is 5.62. The molecule has 1 rings (SSSR count). The van der Waals surface area contributed by atoms with E-state index in [1.54, 1.807) is 19.1 Å². The summed E-state index contributed by atoms with van der Waals surface area (Å²) in [6.45, 7) is 3.40. The van der Waals surface area contributed by atoms with Gasteiger partial charge in [-0.2, -0.15) is 0 Å². The van der Waals surface area contributed by atoms with Crippen molar-refractivity contribution in [2.75, 3.05) is 6.61 Å². The van der Waals surface area contributed by atoms with Gasteiger partial charge in [-0.3, -0.25) is 9.59 Å². The zero-order valence-corrected chi connectivity index (χ0v) is 12.1. The van der Waals surface area contributed by atoms with Gasteiger partial charge in [-0.05, 0) is 32.4 Å². The van der Waals surface area contributed by atoms with Crippen molar-refractivity contribution in [1.82, 2.24) is 5.32 Å². The average Bonchev–Trinajstić information content (AvgIpc) is 2.44. The Morgan fingerprint density at radius 1 is 1.33 bits per heavy atom. The monoisotopic (exact) mass is 297 g/mol. The fourth-order valence-electron chi connectivity index (χ4n) is 1.64. The van der Waals surface area contributed by atoms with Crippen molar-refractivity contribution in [3.63, 3.8) is 0 Å². The molecule has 1 aromatic carbocycles. The molecule has 0 aromatic heterocycles. The molecule has 1 amide bonds. The number of carboxylic acid groups (broad SMARTS) is 1. The minimum absolute atomic E-state index is 0.158. The van der Waals surface area contributed by atoms with Crippen LogP contribution in [0.25, 0.3) is 0 Å². The second kappa shape index (κ2) is 8.24. The summed E-state index contributed by atoms with van der Waals surface area (Å²) < 4.78 is 18.5. The summed E-state index contributed by atoms with van der Waals surface area (Å²) in [5, 5.41) is 11.4. The molecule has 0 radical (unpaired) electrons. The van der Waals surface area contributed by atoms with Crippen molar-refractivity contribution in [1.29, 1.82) is 0 Å². The topological polar surface area (TPSA) is 75.6 Å². The molecule has 116 valence electrons. The van der Waals surface area contributed by atoms with Crippen molar-refractivity contribution in [2.45, 2.75) is 32.7 Å². The molecule has 2 atom stereocenters. The number of carbonyl (C=O) groups is 2. The standard InChI is InChI=1S/C15H20FNO4/c1-10(15(19)20)11(2)17-14(18)8-5-9-21-13-7-4-3-6-12(13)16/h3-4,6-7,10-11H,5,8-9H2,1-2H3,(H,17,18)(H,19,20). The highest BCUT2D eigenvalue weighted by Gasteiger charge is 2.20. The number of para-hydroxylation sites is 1. The van der Waals surface area contributed by atoms with E-state index in [0.29, 0.717) is 6.42 Å². The largest absolute Gasteiger partial charge is 0.491 e. The fraction of sp³-hybridized carbons (Fsp3) is 0.467. The number of rotatable bonds is 8. The molecular formula is C15H20FNO4. The molecular weight excluding hydrogens is 277 g/mol.